The molecule has 0 aromatic carbocycles. The SMILES string of the molecule is CCCOc1ccnc(-n2nc(CC)c(N)c2CC)n1. The van der Waals surface area contributed by atoms with Crippen LogP contribution in [0.2, 0.25) is 0 Å². The van der Waals surface area contributed by atoms with Gasteiger partial charge in [-0.2, -0.15) is 10.1 Å². The van der Waals surface area contributed by atoms with Crippen LogP contribution in [0.5, 0.6) is 5.88 Å². The molecule has 2 rings (SSSR count). The Morgan fingerprint density at radius 2 is 2.05 bits per heavy atom. The van der Waals surface area contributed by atoms with Gasteiger partial charge >= 0.3 is 0 Å². The van der Waals surface area contributed by atoms with Crippen LogP contribution in [0.4, 0.5) is 5.69 Å². The molecule has 0 amide bonds. The molecule has 0 aliphatic heterocycles. The Hall–Kier alpha value is -2.11. The van der Waals surface area contributed by atoms with E-state index in [9.17, 15) is 0 Å². The lowest BCUT2D eigenvalue weighted by molar-refractivity contribution is 0.304. The van der Waals surface area contributed by atoms with Crippen LogP contribution in [0, 0.1) is 0 Å². The Labute approximate surface area is 119 Å². The minimum atomic E-state index is 0.502. The highest BCUT2D eigenvalue weighted by atomic mass is 16.5. The predicted molar refractivity (Wildman–Crippen MR) is 78.1 cm³/mol. The molecule has 108 valence electrons. The summed E-state index contributed by atoms with van der Waals surface area (Å²) in [7, 11) is 0. The first-order chi connectivity index (χ1) is 9.71. The van der Waals surface area contributed by atoms with Crippen molar-refractivity contribution in [1.82, 2.24) is 19.7 Å². The van der Waals surface area contributed by atoms with E-state index in [1.807, 2.05) is 13.8 Å². The van der Waals surface area contributed by atoms with Crippen molar-refractivity contribution in [3.8, 4) is 11.8 Å². The predicted octanol–water partition coefficient (Wildman–Crippen LogP) is 2.16. The molecule has 6 nitrogen and oxygen atoms in total. The minimum absolute atomic E-state index is 0.502. The number of hydrogen-bond acceptors (Lipinski definition) is 5. The van der Waals surface area contributed by atoms with Crippen molar-refractivity contribution in [3.63, 3.8) is 0 Å². The molecule has 0 unspecified atom stereocenters. The van der Waals surface area contributed by atoms with Crippen molar-refractivity contribution in [2.24, 2.45) is 0 Å². The molecule has 2 aromatic heterocycles. The highest BCUT2D eigenvalue weighted by Crippen LogP contribution is 2.21. The summed E-state index contributed by atoms with van der Waals surface area (Å²) in [5, 5.41) is 4.50. The fourth-order valence-corrected chi connectivity index (χ4v) is 2.00. The third-order valence-electron chi connectivity index (χ3n) is 3.03. The van der Waals surface area contributed by atoms with E-state index in [1.165, 1.54) is 0 Å². The normalized spacial score (nSPS) is 10.8. The molecule has 0 radical (unpaired) electrons. The van der Waals surface area contributed by atoms with Gasteiger partial charge in [0.05, 0.1) is 23.7 Å². The lowest BCUT2D eigenvalue weighted by Gasteiger charge is -2.07. The fraction of sp³-hybridized carbons (Fsp3) is 0.500. The molecule has 2 N–H and O–H groups in total. The van der Waals surface area contributed by atoms with Crippen LogP contribution in [-0.4, -0.2) is 26.4 Å². The zero-order chi connectivity index (χ0) is 14.5. The minimum Gasteiger partial charge on any atom is -0.478 e. The number of rotatable bonds is 6. The lowest BCUT2D eigenvalue weighted by Crippen LogP contribution is -2.08. The van der Waals surface area contributed by atoms with Crippen LogP contribution < -0.4 is 10.5 Å². The number of anilines is 1. The second kappa shape index (κ2) is 6.36. The maximum absolute atomic E-state index is 6.11. The van der Waals surface area contributed by atoms with Crippen molar-refractivity contribution in [2.75, 3.05) is 12.3 Å². The second-order valence-electron chi connectivity index (χ2n) is 4.47. The lowest BCUT2D eigenvalue weighted by atomic mass is 10.2. The van der Waals surface area contributed by atoms with Crippen LogP contribution in [0.15, 0.2) is 12.3 Å². The first-order valence-electron chi connectivity index (χ1n) is 7.03. The van der Waals surface area contributed by atoms with Crippen LogP contribution >= 0.6 is 0 Å². The topological polar surface area (TPSA) is 78.8 Å². The number of aromatic nitrogens is 4. The molecule has 6 heteroatoms. The third kappa shape index (κ3) is 2.74. The second-order valence-corrected chi connectivity index (χ2v) is 4.47. The summed E-state index contributed by atoms with van der Waals surface area (Å²) in [6.07, 6.45) is 4.19. The first kappa shape index (κ1) is 14.3. The van der Waals surface area contributed by atoms with E-state index >= 15 is 0 Å². The van der Waals surface area contributed by atoms with Gasteiger partial charge in [-0.3, -0.25) is 0 Å². The zero-order valence-electron chi connectivity index (χ0n) is 12.3. The van der Waals surface area contributed by atoms with Gasteiger partial charge in [0, 0.05) is 12.3 Å². The van der Waals surface area contributed by atoms with Crippen LogP contribution in [0.25, 0.3) is 5.95 Å². The summed E-state index contributed by atoms with van der Waals surface area (Å²) >= 11 is 0. The molecular weight excluding hydrogens is 254 g/mol. The number of hydrogen-bond donors (Lipinski definition) is 1. The van der Waals surface area contributed by atoms with E-state index < -0.39 is 0 Å². The molecular formula is C14H21N5O. The Morgan fingerprint density at radius 1 is 1.25 bits per heavy atom. The fourth-order valence-electron chi connectivity index (χ4n) is 2.00. The Bertz CT molecular complexity index is 579. The standard InChI is InChI=1S/C14H21N5O/c1-4-9-20-12-7-8-16-14(17-12)19-11(6-3)13(15)10(5-2)18-19/h7-8H,4-6,9,15H2,1-3H3. The van der Waals surface area contributed by atoms with Gasteiger partial charge in [-0.15, -0.1) is 0 Å². The molecule has 0 aliphatic rings. The molecule has 2 heterocycles. The van der Waals surface area contributed by atoms with Crippen molar-refractivity contribution in [2.45, 2.75) is 40.0 Å². The molecule has 0 aliphatic carbocycles. The third-order valence-corrected chi connectivity index (χ3v) is 3.03. The molecule has 0 saturated heterocycles. The number of nitrogens with two attached hydrogens (primary N) is 1. The van der Waals surface area contributed by atoms with Gasteiger partial charge in [-0.05, 0) is 19.3 Å². The Kier molecular flexibility index (Phi) is 4.55. The number of nitrogens with zero attached hydrogens (tertiary/aromatic N) is 4. The van der Waals surface area contributed by atoms with Crippen molar-refractivity contribution in [1.29, 1.82) is 0 Å². The Balaban J connectivity index is 2.40. The van der Waals surface area contributed by atoms with E-state index in [0.29, 0.717) is 18.4 Å². The van der Waals surface area contributed by atoms with Gasteiger partial charge in [0.25, 0.3) is 5.95 Å². The molecule has 0 saturated carbocycles. The monoisotopic (exact) mass is 275 g/mol. The summed E-state index contributed by atoms with van der Waals surface area (Å²) in [6, 6.07) is 1.75. The van der Waals surface area contributed by atoms with E-state index in [-0.39, 0.29) is 0 Å². The summed E-state index contributed by atoms with van der Waals surface area (Å²) in [5.74, 6) is 1.06. The molecule has 0 spiro atoms. The maximum Gasteiger partial charge on any atom is 0.254 e. The van der Waals surface area contributed by atoms with Gasteiger partial charge in [0.2, 0.25) is 5.88 Å². The molecule has 0 bridgehead atoms. The van der Waals surface area contributed by atoms with Crippen LogP contribution in [0.1, 0.15) is 38.6 Å². The van der Waals surface area contributed by atoms with Gasteiger partial charge in [0.1, 0.15) is 0 Å². The summed E-state index contributed by atoms with van der Waals surface area (Å²) in [6.45, 7) is 6.77. The smallest absolute Gasteiger partial charge is 0.254 e. The first-order valence-corrected chi connectivity index (χ1v) is 7.03. The molecule has 20 heavy (non-hydrogen) atoms. The molecule has 0 atom stereocenters. The van der Waals surface area contributed by atoms with Crippen LogP contribution in [0.3, 0.4) is 0 Å². The van der Waals surface area contributed by atoms with Crippen molar-refractivity contribution >= 4 is 5.69 Å². The maximum atomic E-state index is 6.11. The molecule has 0 fully saturated rings. The van der Waals surface area contributed by atoms with Gasteiger partial charge in [-0.1, -0.05) is 20.8 Å². The quantitative estimate of drug-likeness (QED) is 0.874. The van der Waals surface area contributed by atoms with E-state index in [4.69, 9.17) is 10.5 Å². The summed E-state index contributed by atoms with van der Waals surface area (Å²) in [5.41, 5.74) is 8.66. The van der Waals surface area contributed by atoms with E-state index in [0.717, 1.165) is 36.3 Å². The number of ether oxygens (including phenoxy) is 1. The Morgan fingerprint density at radius 3 is 2.70 bits per heavy atom. The summed E-state index contributed by atoms with van der Waals surface area (Å²) < 4.78 is 7.25. The van der Waals surface area contributed by atoms with Gasteiger partial charge in [-0.25, -0.2) is 9.67 Å². The summed E-state index contributed by atoms with van der Waals surface area (Å²) in [4.78, 5) is 8.66. The average Bonchev–Trinajstić information content (AvgIpc) is 2.81. The van der Waals surface area contributed by atoms with E-state index in [1.54, 1.807) is 16.9 Å². The van der Waals surface area contributed by atoms with Crippen molar-refractivity contribution in [3.05, 3.63) is 23.7 Å². The van der Waals surface area contributed by atoms with Gasteiger partial charge < -0.3 is 10.5 Å². The highest BCUT2D eigenvalue weighted by Gasteiger charge is 2.16. The van der Waals surface area contributed by atoms with Crippen molar-refractivity contribution < 1.29 is 4.74 Å². The molecule has 2 aromatic rings. The number of nitrogen functional groups attached to an aromatic ring is 1. The average molecular weight is 275 g/mol. The highest BCUT2D eigenvalue weighted by molar-refractivity contribution is 5.50. The van der Waals surface area contributed by atoms with Gasteiger partial charge in [0.15, 0.2) is 0 Å². The zero-order valence-corrected chi connectivity index (χ0v) is 12.3. The largest absolute Gasteiger partial charge is 0.478 e. The number of aryl methyl sites for hydroxylation is 1. The van der Waals surface area contributed by atoms with E-state index in [2.05, 4.69) is 22.0 Å². The van der Waals surface area contributed by atoms with Crippen LogP contribution in [-0.2, 0) is 12.8 Å².